The van der Waals surface area contributed by atoms with Crippen LogP contribution in [0.25, 0.3) is 0 Å². The van der Waals surface area contributed by atoms with Gasteiger partial charge >= 0.3 is 0 Å². The molecule has 0 fully saturated rings. The molecule has 0 aliphatic carbocycles. The molecule has 0 atom stereocenters. The molecule has 3 aromatic carbocycles. The fraction of sp³-hybridized carbons (Fsp3) is 0.136. The maximum atomic E-state index is 12.8. The maximum absolute atomic E-state index is 12.8. The molecule has 3 rings (SSSR count). The Labute approximate surface area is 170 Å². The van der Waals surface area contributed by atoms with E-state index in [4.69, 9.17) is 4.74 Å². The number of sulfonamides is 1. The van der Waals surface area contributed by atoms with Gasteiger partial charge in [-0.3, -0.25) is 9.10 Å². The maximum Gasteiger partial charge on any atom is 0.264 e. The van der Waals surface area contributed by atoms with Crippen LogP contribution in [0.15, 0.2) is 83.8 Å². The van der Waals surface area contributed by atoms with Crippen LogP contribution in [0.3, 0.4) is 0 Å². The number of carbonyl (C=O) groups excluding carboxylic acids is 1. The van der Waals surface area contributed by atoms with Crippen LogP contribution in [0, 0.1) is 0 Å². The molecule has 1 N–H and O–H groups in total. The quantitative estimate of drug-likeness (QED) is 0.635. The smallest absolute Gasteiger partial charge is 0.264 e. The van der Waals surface area contributed by atoms with Crippen molar-refractivity contribution in [2.75, 3.05) is 23.3 Å². The van der Waals surface area contributed by atoms with Crippen LogP contribution in [-0.2, 0) is 10.0 Å². The number of nitrogens with zero attached hydrogens (tertiary/aromatic N) is 1. The molecule has 0 spiro atoms. The van der Waals surface area contributed by atoms with Gasteiger partial charge in [-0.1, -0.05) is 24.3 Å². The molecule has 7 heteroatoms. The number of para-hydroxylation sites is 1. The Bertz CT molecular complexity index is 1080. The number of hydrogen-bond donors (Lipinski definition) is 1. The van der Waals surface area contributed by atoms with Crippen molar-refractivity contribution in [3.63, 3.8) is 0 Å². The van der Waals surface area contributed by atoms with Gasteiger partial charge in [-0.25, -0.2) is 8.42 Å². The summed E-state index contributed by atoms with van der Waals surface area (Å²) >= 11 is 0. The second kappa shape index (κ2) is 8.79. The fourth-order valence-electron chi connectivity index (χ4n) is 2.74. The Balaban J connectivity index is 1.74. The second-order valence-corrected chi connectivity index (χ2v) is 8.22. The van der Waals surface area contributed by atoms with Gasteiger partial charge in [0.25, 0.3) is 15.9 Å². The predicted molar refractivity (Wildman–Crippen MR) is 114 cm³/mol. The molecular weight excluding hydrogens is 388 g/mol. The number of rotatable bonds is 7. The van der Waals surface area contributed by atoms with Gasteiger partial charge in [0.15, 0.2) is 0 Å². The van der Waals surface area contributed by atoms with E-state index in [9.17, 15) is 13.2 Å². The molecule has 0 unspecified atom stereocenters. The van der Waals surface area contributed by atoms with E-state index in [1.165, 1.54) is 23.5 Å². The van der Waals surface area contributed by atoms with Crippen LogP contribution in [0.4, 0.5) is 11.4 Å². The van der Waals surface area contributed by atoms with E-state index >= 15 is 0 Å². The third-order valence-corrected chi connectivity index (χ3v) is 6.10. The summed E-state index contributed by atoms with van der Waals surface area (Å²) < 4.78 is 32.3. The number of anilines is 2. The average Bonchev–Trinajstić information content (AvgIpc) is 2.74. The van der Waals surface area contributed by atoms with Crippen molar-refractivity contribution in [2.24, 2.45) is 0 Å². The molecule has 3 aromatic rings. The van der Waals surface area contributed by atoms with Crippen molar-refractivity contribution in [3.05, 3.63) is 84.4 Å². The summed E-state index contributed by atoms with van der Waals surface area (Å²) in [6.07, 6.45) is 0. The Kier molecular flexibility index (Phi) is 6.19. The van der Waals surface area contributed by atoms with E-state index in [0.717, 1.165) is 0 Å². The summed E-state index contributed by atoms with van der Waals surface area (Å²) in [4.78, 5) is 12.6. The minimum Gasteiger partial charge on any atom is -0.494 e. The molecule has 0 saturated heterocycles. The summed E-state index contributed by atoms with van der Waals surface area (Å²) in [5.41, 5.74) is 1.52. The minimum atomic E-state index is -3.70. The van der Waals surface area contributed by atoms with Crippen LogP contribution in [0.5, 0.6) is 5.75 Å². The van der Waals surface area contributed by atoms with Crippen LogP contribution >= 0.6 is 0 Å². The molecule has 0 heterocycles. The molecule has 150 valence electrons. The first kappa shape index (κ1) is 20.4. The van der Waals surface area contributed by atoms with Gasteiger partial charge in [0.2, 0.25) is 0 Å². The zero-order valence-electron chi connectivity index (χ0n) is 16.2. The zero-order chi connectivity index (χ0) is 20.9. The van der Waals surface area contributed by atoms with Gasteiger partial charge < -0.3 is 10.1 Å². The number of nitrogens with one attached hydrogen (secondary N) is 1. The van der Waals surface area contributed by atoms with Crippen molar-refractivity contribution < 1.29 is 17.9 Å². The third kappa shape index (κ3) is 4.75. The highest BCUT2D eigenvalue weighted by molar-refractivity contribution is 7.92. The highest BCUT2D eigenvalue weighted by atomic mass is 32.2. The Hall–Kier alpha value is -3.32. The fourth-order valence-corrected chi connectivity index (χ4v) is 3.94. The van der Waals surface area contributed by atoms with Crippen LogP contribution < -0.4 is 14.4 Å². The summed E-state index contributed by atoms with van der Waals surface area (Å²) in [7, 11) is -2.19. The average molecular weight is 410 g/mol. The van der Waals surface area contributed by atoms with Crippen LogP contribution in [-0.4, -0.2) is 28.0 Å². The number of carbonyl (C=O) groups is 1. The summed E-state index contributed by atoms with van der Waals surface area (Å²) in [5, 5.41) is 2.76. The lowest BCUT2D eigenvalue weighted by Gasteiger charge is -2.19. The van der Waals surface area contributed by atoms with E-state index in [1.54, 1.807) is 60.7 Å². The molecule has 0 aliphatic rings. The summed E-state index contributed by atoms with van der Waals surface area (Å²) in [5.74, 6) is 0.314. The minimum absolute atomic E-state index is 0.139. The Morgan fingerprint density at radius 1 is 0.966 bits per heavy atom. The first-order valence-corrected chi connectivity index (χ1v) is 10.5. The first-order valence-electron chi connectivity index (χ1n) is 9.10. The van der Waals surface area contributed by atoms with Gasteiger partial charge in [0.05, 0.1) is 17.2 Å². The normalized spacial score (nSPS) is 11.0. The first-order chi connectivity index (χ1) is 13.9. The van der Waals surface area contributed by atoms with Crippen LogP contribution in [0.1, 0.15) is 17.3 Å². The van der Waals surface area contributed by atoms with Gasteiger partial charge in [0, 0.05) is 18.3 Å². The van der Waals surface area contributed by atoms with Crippen molar-refractivity contribution in [1.82, 2.24) is 0 Å². The molecule has 1 amide bonds. The molecule has 0 saturated carbocycles. The van der Waals surface area contributed by atoms with Crippen molar-refractivity contribution in [3.8, 4) is 5.75 Å². The lowest BCUT2D eigenvalue weighted by atomic mass is 10.2. The van der Waals surface area contributed by atoms with Crippen LogP contribution in [0.2, 0.25) is 0 Å². The molecule has 29 heavy (non-hydrogen) atoms. The predicted octanol–water partition coefficient (Wildman–Crippen LogP) is 4.16. The van der Waals surface area contributed by atoms with Crippen molar-refractivity contribution >= 4 is 27.3 Å². The van der Waals surface area contributed by atoms with E-state index in [-0.39, 0.29) is 10.8 Å². The van der Waals surface area contributed by atoms with E-state index in [0.29, 0.717) is 29.3 Å². The van der Waals surface area contributed by atoms with E-state index in [1.807, 2.05) is 13.0 Å². The van der Waals surface area contributed by atoms with Gasteiger partial charge in [-0.15, -0.1) is 0 Å². The SMILES string of the molecule is CCOc1cccc(C(=O)Nc2ccc(S(=O)(=O)N(C)c3ccccc3)cc2)c1. The summed E-state index contributed by atoms with van der Waals surface area (Å²) in [6.45, 7) is 2.38. The molecule has 0 bridgehead atoms. The number of ether oxygens (including phenoxy) is 1. The number of hydrogen-bond acceptors (Lipinski definition) is 4. The zero-order valence-corrected chi connectivity index (χ0v) is 17.0. The Morgan fingerprint density at radius 3 is 2.31 bits per heavy atom. The van der Waals surface area contributed by atoms with E-state index < -0.39 is 10.0 Å². The van der Waals surface area contributed by atoms with Crippen molar-refractivity contribution in [2.45, 2.75) is 11.8 Å². The van der Waals surface area contributed by atoms with Gasteiger partial charge in [-0.2, -0.15) is 0 Å². The lowest BCUT2D eigenvalue weighted by molar-refractivity contribution is 0.102. The summed E-state index contributed by atoms with van der Waals surface area (Å²) in [6, 6.07) is 21.8. The van der Waals surface area contributed by atoms with Crippen molar-refractivity contribution in [1.29, 1.82) is 0 Å². The Morgan fingerprint density at radius 2 is 1.66 bits per heavy atom. The van der Waals surface area contributed by atoms with E-state index in [2.05, 4.69) is 5.32 Å². The highest BCUT2D eigenvalue weighted by Crippen LogP contribution is 2.23. The topological polar surface area (TPSA) is 75.7 Å². The number of benzene rings is 3. The monoisotopic (exact) mass is 410 g/mol. The third-order valence-electron chi connectivity index (χ3n) is 4.30. The molecule has 0 aromatic heterocycles. The largest absolute Gasteiger partial charge is 0.494 e. The second-order valence-electron chi connectivity index (χ2n) is 6.25. The highest BCUT2D eigenvalue weighted by Gasteiger charge is 2.21. The molecule has 0 aliphatic heterocycles. The standard InChI is InChI=1S/C22H22N2O4S/c1-3-28-20-11-7-8-17(16-20)22(25)23-18-12-14-21(15-13-18)29(26,27)24(2)19-9-5-4-6-10-19/h4-16H,3H2,1-2H3,(H,23,25). The molecule has 0 radical (unpaired) electrons. The van der Waals surface area contributed by atoms with Gasteiger partial charge in [-0.05, 0) is 61.5 Å². The molecule has 6 nitrogen and oxygen atoms in total. The van der Waals surface area contributed by atoms with Gasteiger partial charge in [0.1, 0.15) is 5.75 Å². The lowest BCUT2D eigenvalue weighted by Crippen LogP contribution is -2.26. The number of amides is 1. The molecular formula is C22H22N2O4S.